The highest BCUT2D eigenvalue weighted by Gasteiger charge is 2.33. The molecule has 0 spiro atoms. The van der Waals surface area contributed by atoms with Gasteiger partial charge in [-0.25, -0.2) is 8.42 Å². The van der Waals surface area contributed by atoms with E-state index in [0.717, 1.165) is 12.8 Å². The molecule has 1 rings (SSSR count). The van der Waals surface area contributed by atoms with Gasteiger partial charge in [-0.15, -0.1) is 0 Å². The molecule has 1 fully saturated rings. The van der Waals surface area contributed by atoms with Gasteiger partial charge in [-0.2, -0.15) is 4.31 Å². The lowest BCUT2D eigenvalue weighted by Gasteiger charge is -2.25. The molecule has 16 heavy (non-hydrogen) atoms. The fourth-order valence-corrected chi connectivity index (χ4v) is 3.73. The van der Waals surface area contributed by atoms with E-state index in [1.165, 1.54) is 4.31 Å². The Morgan fingerprint density at radius 3 is 2.38 bits per heavy atom. The number of sulfonamides is 1. The van der Waals surface area contributed by atoms with Crippen molar-refractivity contribution in [2.24, 2.45) is 5.92 Å². The highest BCUT2D eigenvalue weighted by atomic mass is 32.2. The van der Waals surface area contributed by atoms with Crippen molar-refractivity contribution >= 4 is 16.0 Å². The van der Waals surface area contributed by atoms with Gasteiger partial charge in [-0.3, -0.25) is 4.79 Å². The Bertz CT molecular complexity index is 346. The molecule has 94 valence electrons. The lowest BCUT2D eigenvalue weighted by molar-refractivity contribution is -0.137. The summed E-state index contributed by atoms with van der Waals surface area (Å²) in [6.07, 6.45) is 1.82. The maximum absolute atomic E-state index is 12.0. The van der Waals surface area contributed by atoms with Crippen LogP contribution in [0.2, 0.25) is 0 Å². The summed E-state index contributed by atoms with van der Waals surface area (Å²) < 4.78 is 25.2. The molecule has 0 aromatic heterocycles. The molecule has 1 saturated carbocycles. The van der Waals surface area contributed by atoms with Gasteiger partial charge in [0.15, 0.2) is 0 Å². The van der Waals surface area contributed by atoms with Gasteiger partial charge in [-0.05, 0) is 32.6 Å². The predicted molar refractivity (Wildman–Crippen MR) is 60.6 cm³/mol. The summed E-state index contributed by atoms with van der Waals surface area (Å²) >= 11 is 0. The average Bonchev–Trinajstić information content (AvgIpc) is 2.85. The predicted octanol–water partition coefficient (Wildman–Crippen LogP) is 0.911. The van der Waals surface area contributed by atoms with E-state index >= 15 is 0 Å². The normalized spacial score (nSPS) is 17.0. The molecule has 0 amide bonds. The van der Waals surface area contributed by atoms with Crippen molar-refractivity contribution in [2.75, 3.05) is 12.3 Å². The largest absolute Gasteiger partial charge is 0.481 e. The molecule has 0 aromatic rings. The number of rotatable bonds is 7. The van der Waals surface area contributed by atoms with Crippen molar-refractivity contribution in [1.29, 1.82) is 0 Å². The van der Waals surface area contributed by atoms with Crippen LogP contribution in [-0.4, -0.2) is 42.1 Å². The van der Waals surface area contributed by atoms with Crippen molar-refractivity contribution in [3.8, 4) is 0 Å². The van der Waals surface area contributed by atoms with E-state index in [1.54, 1.807) is 13.8 Å². The number of carboxylic acid groups (broad SMARTS) is 1. The van der Waals surface area contributed by atoms with E-state index in [4.69, 9.17) is 5.11 Å². The smallest absolute Gasteiger partial charge is 0.304 e. The Hall–Kier alpha value is -0.620. The molecule has 5 nitrogen and oxygen atoms in total. The Kier molecular flexibility index (Phi) is 4.32. The van der Waals surface area contributed by atoms with Crippen LogP contribution in [0.4, 0.5) is 0 Å². The summed E-state index contributed by atoms with van der Waals surface area (Å²) in [4.78, 5) is 10.5. The zero-order valence-corrected chi connectivity index (χ0v) is 10.5. The van der Waals surface area contributed by atoms with Gasteiger partial charge in [0.2, 0.25) is 10.0 Å². The van der Waals surface area contributed by atoms with E-state index in [-0.39, 0.29) is 30.7 Å². The topological polar surface area (TPSA) is 74.7 Å². The van der Waals surface area contributed by atoms with Crippen LogP contribution in [-0.2, 0) is 14.8 Å². The van der Waals surface area contributed by atoms with E-state index in [0.29, 0.717) is 0 Å². The third kappa shape index (κ3) is 4.09. The molecule has 0 heterocycles. The van der Waals surface area contributed by atoms with Crippen LogP contribution in [0.1, 0.15) is 33.1 Å². The van der Waals surface area contributed by atoms with Crippen LogP contribution < -0.4 is 0 Å². The minimum Gasteiger partial charge on any atom is -0.481 e. The molecule has 0 bridgehead atoms. The second kappa shape index (κ2) is 5.14. The first-order chi connectivity index (χ1) is 7.33. The summed E-state index contributed by atoms with van der Waals surface area (Å²) in [7, 11) is -3.28. The number of nitrogens with zero attached hydrogens (tertiary/aromatic N) is 1. The van der Waals surface area contributed by atoms with Crippen molar-refractivity contribution in [2.45, 2.75) is 39.2 Å². The Morgan fingerprint density at radius 2 is 2.00 bits per heavy atom. The third-order valence-electron chi connectivity index (χ3n) is 2.62. The number of carbonyl (C=O) groups is 1. The van der Waals surface area contributed by atoms with E-state index in [2.05, 4.69) is 0 Å². The number of carboxylic acids is 1. The van der Waals surface area contributed by atoms with Crippen LogP contribution in [0.3, 0.4) is 0 Å². The van der Waals surface area contributed by atoms with E-state index in [9.17, 15) is 13.2 Å². The molecule has 1 aliphatic carbocycles. The SMILES string of the molecule is CC(C)N(CCC(=O)O)S(=O)(=O)CC1CC1. The number of aliphatic carboxylic acids is 1. The molecule has 6 heteroatoms. The van der Waals surface area contributed by atoms with Gasteiger partial charge in [0, 0.05) is 12.6 Å². The van der Waals surface area contributed by atoms with Gasteiger partial charge < -0.3 is 5.11 Å². The first-order valence-electron chi connectivity index (χ1n) is 5.54. The minimum absolute atomic E-state index is 0.0715. The highest BCUT2D eigenvalue weighted by molar-refractivity contribution is 7.89. The van der Waals surface area contributed by atoms with Gasteiger partial charge in [0.1, 0.15) is 0 Å². The van der Waals surface area contributed by atoms with Gasteiger partial charge >= 0.3 is 5.97 Å². The molecule has 1 N–H and O–H groups in total. The summed E-state index contributed by atoms with van der Waals surface area (Å²) in [6, 6.07) is -0.178. The molecular formula is C10H19NO4S. The molecule has 0 radical (unpaired) electrons. The standard InChI is InChI=1S/C10H19NO4S/c1-8(2)11(6-5-10(12)13)16(14,15)7-9-3-4-9/h8-9H,3-7H2,1-2H3,(H,12,13). The molecule has 0 atom stereocenters. The maximum atomic E-state index is 12.0. The lowest BCUT2D eigenvalue weighted by atomic mass is 10.3. The maximum Gasteiger partial charge on any atom is 0.304 e. The Labute approximate surface area is 96.5 Å². The van der Waals surface area contributed by atoms with Crippen molar-refractivity contribution in [3.63, 3.8) is 0 Å². The Balaban J connectivity index is 2.63. The molecule has 0 aliphatic heterocycles. The van der Waals surface area contributed by atoms with Crippen molar-refractivity contribution < 1.29 is 18.3 Å². The average molecular weight is 249 g/mol. The van der Waals surface area contributed by atoms with Crippen molar-refractivity contribution in [1.82, 2.24) is 4.31 Å². The van der Waals surface area contributed by atoms with Gasteiger partial charge in [0.25, 0.3) is 0 Å². The summed E-state index contributed by atoms with van der Waals surface area (Å²) in [6.45, 7) is 3.61. The first kappa shape index (κ1) is 13.4. The van der Waals surface area contributed by atoms with Crippen LogP contribution >= 0.6 is 0 Å². The second-order valence-corrected chi connectivity index (χ2v) is 6.54. The molecule has 0 unspecified atom stereocenters. The van der Waals surface area contributed by atoms with Crippen LogP contribution in [0.15, 0.2) is 0 Å². The monoisotopic (exact) mass is 249 g/mol. The van der Waals surface area contributed by atoms with Crippen LogP contribution in [0, 0.1) is 5.92 Å². The molecular weight excluding hydrogens is 230 g/mol. The zero-order valence-electron chi connectivity index (χ0n) is 9.72. The number of hydrogen-bond donors (Lipinski definition) is 1. The summed E-state index contributed by atoms with van der Waals surface area (Å²) in [5.74, 6) is -0.506. The van der Waals surface area contributed by atoms with E-state index in [1.807, 2.05) is 0 Å². The summed E-state index contributed by atoms with van der Waals surface area (Å²) in [5, 5.41) is 8.58. The quantitative estimate of drug-likeness (QED) is 0.727. The minimum atomic E-state index is -3.28. The fraction of sp³-hybridized carbons (Fsp3) is 0.900. The second-order valence-electron chi connectivity index (χ2n) is 4.57. The molecule has 0 aromatic carbocycles. The van der Waals surface area contributed by atoms with Crippen molar-refractivity contribution in [3.05, 3.63) is 0 Å². The third-order valence-corrected chi connectivity index (χ3v) is 4.83. The Morgan fingerprint density at radius 1 is 1.44 bits per heavy atom. The van der Waals surface area contributed by atoms with Gasteiger partial charge in [0.05, 0.1) is 12.2 Å². The number of hydrogen-bond acceptors (Lipinski definition) is 3. The van der Waals surface area contributed by atoms with E-state index < -0.39 is 16.0 Å². The fourth-order valence-electron chi connectivity index (χ4n) is 1.60. The first-order valence-corrected chi connectivity index (χ1v) is 7.15. The molecule has 1 aliphatic rings. The summed E-state index contributed by atoms with van der Waals surface area (Å²) in [5.41, 5.74) is 0. The molecule has 0 saturated heterocycles. The highest BCUT2D eigenvalue weighted by Crippen LogP contribution is 2.31. The van der Waals surface area contributed by atoms with Gasteiger partial charge in [-0.1, -0.05) is 0 Å². The lowest BCUT2D eigenvalue weighted by Crippen LogP contribution is -2.40. The van der Waals surface area contributed by atoms with Crippen LogP contribution in [0.5, 0.6) is 0 Å². The van der Waals surface area contributed by atoms with Crippen LogP contribution in [0.25, 0.3) is 0 Å². The zero-order chi connectivity index (χ0) is 12.3.